The highest BCUT2D eigenvalue weighted by molar-refractivity contribution is 5.48. The zero-order valence-electron chi connectivity index (χ0n) is 9.55. The van der Waals surface area contributed by atoms with Crippen LogP contribution in [0.2, 0.25) is 0 Å². The molecule has 0 atom stereocenters. The van der Waals surface area contributed by atoms with Crippen molar-refractivity contribution in [1.29, 1.82) is 0 Å². The van der Waals surface area contributed by atoms with Crippen LogP contribution in [0.15, 0.2) is 30.3 Å². The van der Waals surface area contributed by atoms with Crippen molar-refractivity contribution in [2.45, 2.75) is 6.54 Å². The topological polar surface area (TPSA) is 32.3 Å². The summed E-state index contributed by atoms with van der Waals surface area (Å²) in [5.74, 6) is -5.95. The van der Waals surface area contributed by atoms with Crippen molar-refractivity contribution in [1.82, 2.24) is 0 Å². The first-order valence-corrected chi connectivity index (χ1v) is 5.34. The second-order valence-electron chi connectivity index (χ2n) is 3.87. The largest absolute Gasteiger partial charge is 0.508 e. The van der Waals surface area contributed by atoms with Gasteiger partial charge in [0, 0.05) is 12.6 Å². The highest BCUT2D eigenvalue weighted by atomic mass is 19.2. The summed E-state index contributed by atoms with van der Waals surface area (Å²) >= 11 is 0. The molecule has 0 spiro atoms. The average Bonchev–Trinajstić information content (AvgIpc) is 2.36. The van der Waals surface area contributed by atoms with Gasteiger partial charge in [0.05, 0.1) is 0 Å². The molecule has 0 radical (unpaired) electrons. The molecule has 2 nitrogen and oxygen atoms in total. The van der Waals surface area contributed by atoms with Gasteiger partial charge in [0.15, 0.2) is 23.3 Å². The molecule has 100 valence electrons. The van der Waals surface area contributed by atoms with Crippen molar-refractivity contribution in [3.05, 3.63) is 59.2 Å². The Morgan fingerprint density at radius 2 is 1.58 bits per heavy atom. The number of anilines is 1. The molecule has 0 fully saturated rings. The summed E-state index contributed by atoms with van der Waals surface area (Å²) in [6, 6.07) is 6.04. The van der Waals surface area contributed by atoms with Crippen LogP contribution in [-0.2, 0) is 6.54 Å². The molecule has 0 aliphatic carbocycles. The number of phenolic OH excluding ortho intramolecular Hbond substituents is 1. The molecule has 0 aliphatic heterocycles. The maximum atomic E-state index is 13.3. The Morgan fingerprint density at radius 1 is 0.947 bits per heavy atom. The Morgan fingerprint density at radius 3 is 2.16 bits per heavy atom. The molecule has 0 aromatic heterocycles. The fourth-order valence-electron chi connectivity index (χ4n) is 1.59. The number of aromatic hydroxyl groups is 1. The predicted molar refractivity (Wildman–Crippen MR) is 61.7 cm³/mol. The first kappa shape index (κ1) is 13.2. The van der Waals surface area contributed by atoms with Crippen molar-refractivity contribution in [3.63, 3.8) is 0 Å². The second-order valence-corrected chi connectivity index (χ2v) is 3.87. The van der Waals surface area contributed by atoms with E-state index in [-0.39, 0.29) is 18.4 Å². The summed E-state index contributed by atoms with van der Waals surface area (Å²) in [5.41, 5.74) is -0.371. The molecule has 2 aromatic rings. The number of halogens is 4. The van der Waals surface area contributed by atoms with Gasteiger partial charge >= 0.3 is 0 Å². The predicted octanol–water partition coefficient (Wildman–Crippen LogP) is 3.56. The Balaban J connectivity index is 2.25. The summed E-state index contributed by atoms with van der Waals surface area (Å²) in [6.07, 6.45) is 0. The summed E-state index contributed by atoms with van der Waals surface area (Å²) in [5, 5.41) is 11.5. The van der Waals surface area contributed by atoms with Crippen LogP contribution < -0.4 is 5.32 Å². The number of rotatable bonds is 3. The van der Waals surface area contributed by atoms with Crippen LogP contribution in [0.5, 0.6) is 5.75 Å². The molecule has 0 aliphatic rings. The molecule has 0 saturated carbocycles. The maximum absolute atomic E-state index is 13.3. The van der Waals surface area contributed by atoms with Crippen molar-refractivity contribution in [3.8, 4) is 5.75 Å². The van der Waals surface area contributed by atoms with E-state index in [9.17, 15) is 22.7 Å². The van der Waals surface area contributed by atoms with E-state index in [2.05, 4.69) is 5.32 Å². The molecule has 0 unspecified atom stereocenters. The average molecular weight is 271 g/mol. The minimum Gasteiger partial charge on any atom is -0.508 e. The Labute approximate surface area is 106 Å². The van der Waals surface area contributed by atoms with Gasteiger partial charge in [-0.1, -0.05) is 12.1 Å². The van der Waals surface area contributed by atoms with Crippen LogP contribution in [0, 0.1) is 23.3 Å². The van der Waals surface area contributed by atoms with Gasteiger partial charge in [-0.15, -0.1) is 0 Å². The van der Waals surface area contributed by atoms with Crippen LogP contribution >= 0.6 is 0 Å². The zero-order valence-corrected chi connectivity index (χ0v) is 9.55. The Hall–Kier alpha value is -2.24. The summed E-state index contributed by atoms with van der Waals surface area (Å²) in [4.78, 5) is 0. The molecule has 0 amide bonds. The summed E-state index contributed by atoms with van der Waals surface area (Å²) in [7, 11) is 0. The molecular formula is C13H9F4NO. The Kier molecular flexibility index (Phi) is 3.59. The molecule has 2 N–H and O–H groups in total. The number of phenols is 1. The first-order valence-electron chi connectivity index (χ1n) is 5.34. The number of hydrogen-bond acceptors (Lipinski definition) is 2. The van der Waals surface area contributed by atoms with Gasteiger partial charge in [0.1, 0.15) is 11.4 Å². The van der Waals surface area contributed by atoms with E-state index < -0.39 is 29.0 Å². The fraction of sp³-hybridized carbons (Fsp3) is 0.0769. The van der Waals surface area contributed by atoms with Gasteiger partial charge < -0.3 is 10.4 Å². The highest BCUT2D eigenvalue weighted by Crippen LogP contribution is 2.24. The lowest BCUT2D eigenvalue weighted by Crippen LogP contribution is -2.07. The van der Waals surface area contributed by atoms with E-state index in [0.717, 1.165) is 0 Å². The SMILES string of the molecule is Oc1cccc(CNc2c(F)c(F)cc(F)c2F)c1. The molecule has 19 heavy (non-hydrogen) atoms. The van der Waals surface area contributed by atoms with Gasteiger partial charge in [-0.3, -0.25) is 0 Å². The van der Waals surface area contributed by atoms with E-state index in [4.69, 9.17) is 0 Å². The molecule has 0 bridgehead atoms. The third-order valence-electron chi connectivity index (χ3n) is 2.49. The number of nitrogens with one attached hydrogen (secondary N) is 1. The normalized spacial score (nSPS) is 10.5. The third kappa shape index (κ3) is 2.78. The summed E-state index contributed by atoms with van der Waals surface area (Å²) in [6.45, 7) is -0.0921. The van der Waals surface area contributed by atoms with Gasteiger partial charge in [0.25, 0.3) is 0 Å². The van der Waals surface area contributed by atoms with Gasteiger partial charge in [0.2, 0.25) is 0 Å². The third-order valence-corrected chi connectivity index (χ3v) is 2.49. The van der Waals surface area contributed by atoms with E-state index >= 15 is 0 Å². The van der Waals surface area contributed by atoms with E-state index in [0.29, 0.717) is 5.56 Å². The van der Waals surface area contributed by atoms with E-state index in [1.807, 2.05) is 0 Å². The van der Waals surface area contributed by atoms with E-state index in [1.165, 1.54) is 18.2 Å². The standard InChI is InChI=1S/C13H9F4NO/c14-9-5-10(15)12(17)13(11(9)16)18-6-7-2-1-3-8(19)4-7/h1-5,18-19H,6H2. The number of benzene rings is 2. The lowest BCUT2D eigenvalue weighted by molar-refractivity contribution is 0.458. The molecular weight excluding hydrogens is 262 g/mol. The minimum atomic E-state index is -1.49. The zero-order chi connectivity index (χ0) is 14.0. The van der Waals surface area contributed by atoms with Crippen molar-refractivity contribution < 1.29 is 22.7 Å². The molecule has 6 heteroatoms. The van der Waals surface area contributed by atoms with Crippen LogP contribution in [0.25, 0.3) is 0 Å². The van der Waals surface area contributed by atoms with Crippen molar-refractivity contribution >= 4 is 5.69 Å². The molecule has 0 heterocycles. The lowest BCUT2D eigenvalue weighted by Gasteiger charge is -2.10. The smallest absolute Gasteiger partial charge is 0.185 e. The molecule has 2 rings (SSSR count). The fourth-order valence-corrected chi connectivity index (χ4v) is 1.59. The van der Waals surface area contributed by atoms with Crippen molar-refractivity contribution in [2.24, 2.45) is 0 Å². The Bertz CT molecular complexity index is 590. The molecule has 2 aromatic carbocycles. The quantitative estimate of drug-likeness (QED) is 0.661. The number of hydrogen-bond donors (Lipinski definition) is 2. The van der Waals surface area contributed by atoms with Gasteiger partial charge in [-0.2, -0.15) is 0 Å². The minimum absolute atomic E-state index is 0.0225. The van der Waals surface area contributed by atoms with Gasteiger partial charge in [-0.05, 0) is 17.7 Å². The molecule has 0 saturated heterocycles. The van der Waals surface area contributed by atoms with Crippen LogP contribution in [-0.4, -0.2) is 5.11 Å². The highest BCUT2D eigenvalue weighted by Gasteiger charge is 2.18. The van der Waals surface area contributed by atoms with E-state index in [1.54, 1.807) is 6.07 Å². The first-order chi connectivity index (χ1) is 8.99. The lowest BCUT2D eigenvalue weighted by atomic mass is 10.2. The summed E-state index contributed by atoms with van der Waals surface area (Å²) < 4.78 is 52.6. The van der Waals surface area contributed by atoms with Crippen LogP contribution in [0.3, 0.4) is 0 Å². The monoisotopic (exact) mass is 271 g/mol. The van der Waals surface area contributed by atoms with Crippen LogP contribution in [0.1, 0.15) is 5.56 Å². The van der Waals surface area contributed by atoms with Gasteiger partial charge in [-0.25, -0.2) is 17.6 Å². The van der Waals surface area contributed by atoms with Crippen LogP contribution in [0.4, 0.5) is 23.2 Å². The second kappa shape index (κ2) is 5.17. The maximum Gasteiger partial charge on any atom is 0.185 e. The van der Waals surface area contributed by atoms with Crippen molar-refractivity contribution in [2.75, 3.05) is 5.32 Å².